The molecule has 5 nitrogen and oxygen atoms in total. The third-order valence-electron chi connectivity index (χ3n) is 4.66. The Balaban J connectivity index is 1.55. The molecule has 1 spiro atoms. The predicted molar refractivity (Wildman–Crippen MR) is 81.8 cm³/mol. The number of rotatable bonds is 3. The highest BCUT2D eigenvalue weighted by molar-refractivity contribution is 9.10. The van der Waals surface area contributed by atoms with E-state index in [4.69, 9.17) is 9.84 Å². The van der Waals surface area contributed by atoms with Gasteiger partial charge in [-0.25, -0.2) is 18.6 Å². The van der Waals surface area contributed by atoms with Gasteiger partial charge in [-0.3, -0.25) is 0 Å². The van der Waals surface area contributed by atoms with Crippen LogP contribution in [0.3, 0.4) is 0 Å². The molecule has 1 aliphatic carbocycles. The Kier molecular flexibility index (Phi) is 4.44. The summed E-state index contributed by atoms with van der Waals surface area (Å²) in [6.07, 6.45) is -0.227. The van der Waals surface area contributed by atoms with Crippen LogP contribution in [0.25, 0.3) is 0 Å². The summed E-state index contributed by atoms with van der Waals surface area (Å²) in [5, 5.41) is 8.92. The quantitative estimate of drug-likeness (QED) is 0.844. The number of carbonyl (C=O) groups is 1. The molecule has 1 amide bonds. The highest BCUT2D eigenvalue weighted by Crippen LogP contribution is 2.44. The fourth-order valence-corrected chi connectivity index (χ4v) is 3.76. The van der Waals surface area contributed by atoms with Crippen molar-refractivity contribution in [3.63, 3.8) is 0 Å². The first kappa shape index (κ1) is 16.4. The maximum atomic E-state index is 12.8. The van der Waals surface area contributed by atoms with E-state index in [-0.39, 0.29) is 27.6 Å². The van der Waals surface area contributed by atoms with E-state index in [1.807, 2.05) is 0 Å². The lowest BCUT2D eigenvalue weighted by atomic mass is 9.68. The van der Waals surface area contributed by atoms with Crippen LogP contribution in [0.1, 0.15) is 37.8 Å². The van der Waals surface area contributed by atoms with Gasteiger partial charge in [0.2, 0.25) is 5.88 Å². The molecule has 1 aromatic rings. The molecule has 8 heteroatoms. The van der Waals surface area contributed by atoms with Crippen molar-refractivity contribution in [3.8, 4) is 5.88 Å². The van der Waals surface area contributed by atoms with Gasteiger partial charge in [0.05, 0.1) is 0 Å². The van der Waals surface area contributed by atoms with Crippen LogP contribution in [0.2, 0.25) is 0 Å². The molecule has 1 saturated heterocycles. The van der Waals surface area contributed by atoms with E-state index in [9.17, 15) is 13.6 Å². The standard InChI is InChI=1S/C15H17BrF2N2O3/c16-10-1-2-11(19-12(10)13(17)18)23-9-3-5-15(6-4-9)7-20(8-15)14(21)22/h1-2,9,13H,3-8H2,(H,21,22). The average molecular weight is 391 g/mol. The van der Waals surface area contributed by atoms with E-state index in [0.717, 1.165) is 25.7 Å². The molecule has 1 saturated carbocycles. The zero-order chi connectivity index (χ0) is 16.6. The van der Waals surface area contributed by atoms with E-state index in [0.29, 0.717) is 13.1 Å². The molecule has 0 bridgehead atoms. The number of halogens is 3. The second-order valence-corrected chi connectivity index (χ2v) is 7.13. The lowest BCUT2D eigenvalue weighted by Crippen LogP contribution is -2.59. The summed E-state index contributed by atoms with van der Waals surface area (Å²) in [4.78, 5) is 16.1. The van der Waals surface area contributed by atoms with E-state index < -0.39 is 12.5 Å². The second kappa shape index (κ2) is 6.22. The topological polar surface area (TPSA) is 62.7 Å². The largest absolute Gasteiger partial charge is 0.474 e. The number of alkyl halides is 2. The molecule has 23 heavy (non-hydrogen) atoms. The van der Waals surface area contributed by atoms with Crippen LogP contribution < -0.4 is 4.74 Å². The molecule has 1 aromatic heterocycles. The highest BCUT2D eigenvalue weighted by atomic mass is 79.9. The van der Waals surface area contributed by atoms with Gasteiger partial charge < -0.3 is 14.7 Å². The van der Waals surface area contributed by atoms with Gasteiger partial charge in [0, 0.05) is 29.0 Å². The van der Waals surface area contributed by atoms with Crippen molar-refractivity contribution in [1.29, 1.82) is 0 Å². The van der Waals surface area contributed by atoms with Crippen molar-refractivity contribution in [2.75, 3.05) is 13.1 Å². The minimum atomic E-state index is -2.65. The van der Waals surface area contributed by atoms with Crippen LogP contribution in [0, 0.1) is 5.41 Å². The molecule has 2 aliphatic rings. The predicted octanol–water partition coefficient (Wildman–Crippen LogP) is 4.08. The van der Waals surface area contributed by atoms with Gasteiger partial charge in [0.1, 0.15) is 11.8 Å². The Morgan fingerprint density at radius 2 is 2.04 bits per heavy atom. The van der Waals surface area contributed by atoms with E-state index in [1.165, 1.54) is 11.0 Å². The van der Waals surface area contributed by atoms with Crippen LogP contribution in [-0.4, -0.2) is 40.3 Å². The SMILES string of the molecule is O=C(O)N1CC2(CCC(Oc3ccc(Br)c(C(F)F)n3)CC2)C1. The van der Waals surface area contributed by atoms with Crippen LogP contribution in [-0.2, 0) is 0 Å². The number of amides is 1. The monoisotopic (exact) mass is 390 g/mol. The molecular weight excluding hydrogens is 374 g/mol. The minimum Gasteiger partial charge on any atom is -0.474 e. The molecule has 0 aromatic carbocycles. The van der Waals surface area contributed by atoms with Gasteiger partial charge >= 0.3 is 6.09 Å². The summed E-state index contributed by atoms with van der Waals surface area (Å²) in [5.74, 6) is 0.213. The van der Waals surface area contributed by atoms with Gasteiger partial charge in [-0.2, -0.15) is 0 Å². The van der Waals surface area contributed by atoms with Crippen molar-refractivity contribution in [3.05, 3.63) is 22.3 Å². The van der Waals surface area contributed by atoms with Crippen LogP contribution in [0.4, 0.5) is 13.6 Å². The molecule has 0 unspecified atom stereocenters. The summed E-state index contributed by atoms with van der Waals surface area (Å²) in [7, 11) is 0. The zero-order valence-corrected chi connectivity index (χ0v) is 13.9. The Hall–Kier alpha value is -1.44. The highest BCUT2D eigenvalue weighted by Gasteiger charge is 2.47. The fourth-order valence-electron chi connectivity index (χ4n) is 3.37. The number of carboxylic acid groups (broad SMARTS) is 1. The summed E-state index contributed by atoms with van der Waals surface area (Å²) < 4.78 is 31.7. The molecule has 0 atom stereocenters. The minimum absolute atomic E-state index is 0.0568. The number of nitrogens with zero attached hydrogens (tertiary/aromatic N) is 2. The van der Waals surface area contributed by atoms with Gasteiger partial charge in [-0.15, -0.1) is 0 Å². The molecule has 0 radical (unpaired) electrons. The smallest absolute Gasteiger partial charge is 0.407 e. The van der Waals surface area contributed by atoms with Gasteiger partial charge in [-0.05, 0) is 47.7 Å². The van der Waals surface area contributed by atoms with Gasteiger partial charge in [0.15, 0.2) is 0 Å². The first-order valence-electron chi connectivity index (χ1n) is 7.48. The summed E-state index contributed by atoms with van der Waals surface area (Å²) in [6.45, 7) is 1.17. The van der Waals surface area contributed by atoms with E-state index in [2.05, 4.69) is 20.9 Å². The fraction of sp³-hybridized carbons (Fsp3) is 0.600. The molecule has 2 fully saturated rings. The Bertz CT molecular complexity index is 598. The Morgan fingerprint density at radius 1 is 1.39 bits per heavy atom. The van der Waals surface area contributed by atoms with E-state index in [1.54, 1.807) is 6.07 Å². The molecule has 3 rings (SSSR count). The number of likely N-dealkylation sites (tertiary alicyclic amines) is 1. The van der Waals surface area contributed by atoms with Crippen LogP contribution in [0.5, 0.6) is 5.88 Å². The van der Waals surface area contributed by atoms with Crippen molar-refractivity contribution in [2.24, 2.45) is 5.41 Å². The average Bonchev–Trinajstić information content (AvgIpc) is 2.47. The maximum Gasteiger partial charge on any atom is 0.407 e. The molecule has 1 aliphatic heterocycles. The van der Waals surface area contributed by atoms with Crippen LogP contribution in [0.15, 0.2) is 16.6 Å². The van der Waals surface area contributed by atoms with Crippen LogP contribution >= 0.6 is 15.9 Å². The summed E-state index contributed by atoms with van der Waals surface area (Å²) in [5.41, 5.74) is -0.231. The van der Waals surface area contributed by atoms with E-state index >= 15 is 0 Å². The molecular formula is C15H17BrF2N2O3. The number of pyridine rings is 1. The van der Waals surface area contributed by atoms with Gasteiger partial charge in [-0.1, -0.05) is 0 Å². The molecule has 126 valence electrons. The van der Waals surface area contributed by atoms with Crippen molar-refractivity contribution < 1.29 is 23.4 Å². The lowest BCUT2D eigenvalue weighted by Gasteiger charge is -2.52. The number of aromatic nitrogens is 1. The molecule has 2 heterocycles. The first-order chi connectivity index (χ1) is 10.9. The first-order valence-corrected chi connectivity index (χ1v) is 8.27. The third kappa shape index (κ3) is 3.41. The maximum absolute atomic E-state index is 12.8. The zero-order valence-electron chi connectivity index (χ0n) is 12.3. The van der Waals surface area contributed by atoms with Gasteiger partial charge in [0.25, 0.3) is 6.43 Å². The number of hydrogen-bond donors (Lipinski definition) is 1. The summed E-state index contributed by atoms with van der Waals surface area (Å²) >= 11 is 3.05. The normalized spacial score (nSPS) is 20.6. The number of hydrogen-bond acceptors (Lipinski definition) is 3. The third-order valence-corrected chi connectivity index (χ3v) is 5.33. The van der Waals surface area contributed by atoms with Crippen molar-refractivity contribution in [1.82, 2.24) is 9.88 Å². The second-order valence-electron chi connectivity index (χ2n) is 6.27. The Morgan fingerprint density at radius 3 is 2.61 bits per heavy atom. The summed E-state index contributed by atoms with van der Waals surface area (Å²) in [6, 6.07) is 3.10. The Labute approximate surface area is 140 Å². The van der Waals surface area contributed by atoms with Crippen molar-refractivity contribution in [2.45, 2.75) is 38.2 Å². The molecule has 1 N–H and O–H groups in total. The van der Waals surface area contributed by atoms with Crippen molar-refractivity contribution >= 4 is 22.0 Å². The number of ether oxygens (including phenoxy) is 1. The lowest BCUT2D eigenvalue weighted by molar-refractivity contribution is -0.0375.